The first-order valence-electron chi connectivity index (χ1n) is 5.63. The van der Waals surface area contributed by atoms with Crippen LogP contribution in [0.25, 0.3) is 10.9 Å². The van der Waals surface area contributed by atoms with Gasteiger partial charge in [-0.25, -0.2) is 4.79 Å². The van der Waals surface area contributed by atoms with Gasteiger partial charge in [-0.15, -0.1) is 0 Å². The molecule has 0 aliphatic rings. The number of nitrogens with two attached hydrogens (primary N) is 1. The zero-order valence-corrected chi connectivity index (χ0v) is 9.94. The van der Waals surface area contributed by atoms with E-state index in [1.54, 1.807) is 6.20 Å². The van der Waals surface area contributed by atoms with Crippen LogP contribution < -0.4 is 10.5 Å². The fourth-order valence-electron chi connectivity index (χ4n) is 1.58. The predicted molar refractivity (Wildman–Crippen MR) is 66.7 cm³/mol. The maximum Gasteiger partial charge on any atom is 0.328 e. The Morgan fingerprint density at radius 2 is 2.06 bits per heavy atom. The minimum absolute atomic E-state index is 0.0627. The Morgan fingerprint density at radius 3 is 2.76 bits per heavy atom. The molecule has 1 aromatic heterocycles. The van der Waals surface area contributed by atoms with Gasteiger partial charge in [0.05, 0.1) is 0 Å². The summed E-state index contributed by atoms with van der Waals surface area (Å²) in [4.78, 5) is 14.8. The van der Waals surface area contributed by atoms with Crippen molar-refractivity contribution >= 4 is 16.9 Å². The summed E-state index contributed by atoms with van der Waals surface area (Å²) in [5, 5.41) is 0.886. The van der Waals surface area contributed by atoms with E-state index < -0.39 is 12.0 Å². The van der Waals surface area contributed by atoms with Crippen LogP contribution in [0.15, 0.2) is 30.5 Å². The molecule has 3 N–H and O–H groups in total. The van der Waals surface area contributed by atoms with Gasteiger partial charge in [-0.05, 0) is 18.1 Å². The van der Waals surface area contributed by atoms with Crippen LogP contribution in [0.2, 0.25) is 0 Å². The van der Waals surface area contributed by atoms with Crippen molar-refractivity contribution in [1.29, 1.82) is 0 Å². The zero-order valence-electron chi connectivity index (χ0n) is 9.94. The van der Waals surface area contributed by atoms with Gasteiger partial charge in [0.15, 0.2) is 5.75 Å². The van der Waals surface area contributed by atoms with E-state index in [2.05, 4.69) is 4.98 Å². The van der Waals surface area contributed by atoms with Gasteiger partial charge in [-0.3, -0.25) is 0 Å². The van der Waals surface area contributed by atoms with Gasteiger partial charge in [-0.1, -0.05) is 26.0 Å². The highest BCUT2D eigenvalue weighted by atomic mass is 16.5. The normalized spacial score (nSPS) is 12.9. The number of carbonyl (C=O) groups excluding carboxylic acids is 1. The summed E-state index contributed by atoms with van der Waals surface area (Å²) < 4.78 is 5.30. The molecule has 1 aromatic carbocycles. The lowest BCUT2D eigenvalue weighted by atomic mass is 10.1. The Bertz CT molecular complexity index is 531. The Hall–Kier alpha value is -1.81. The second-order valence-electron chi connectivity index (χ2n) is 4.39. The molecule has 0 fully saturated rings. The number of ether oxygens (including phenoxy) is 1. The number of H-pyrrole nitrogens is 1. The standard InChI is InChI=1S/C13H16N2O2/c1-8(2)12(14)13(16)17-11-7-15-10-6-4-3-5-9(10)11/h3-8,12,15H,14H2,1-2H3/t12-/m0/s1. The molecule has 0 unspecified atom stereocenters. The molecule has 0 spiro atoms. The predicted octanol–water partition coefficient (Wildman–Crippen LogP) is 2.06. The van der Waals surface area contributed by atoms with E-state index >= 15 is 0 Å². The Kier molecular flexibility index (Phi) is 3.15. The van der Waals surface area contributed by atoms with Crippen molar-refractivity contribution < 1.29 is 9.53 Å². The van der Waals surface area contributed by atoms with Crippen LogP contribution in [-0.4, -0.2) is 17.0 Å². The second-order valence-corrected chi connectivity index (χ2v) is 4.39. The molecular weight excluding hydrogens is 216 g/mol. The molecule has 0 aliphatic carbocycles. The first-order chi connectivity index (χ1) is 8.09. The number of nitrogens with one attached hydrogen (secondary N) is 1. The molecule has 2 rings (SSSR count). The molecule has 0 aliphatic heterocycles. The number of aromatic amines is 1. The highest BCUT2D eigenvalue weighted by Gasteiger charge is 2.20. The average Bonchev–Trinajstić information content (AvgIpc) is 2.71. The molecule has 0 saturated heterocycles. The molecule has 0 amide bonds. The number of hydrogen-bond donors (Lipinski definition) is 2. The fourth-order valence-corrected chi connectivity index (χ4v) is 1.58. The van der Waals surface area contributed by atoms with Crippen molar-refractivity contribution in [3.8, 4) is 5.75 Å². The van der Waals surface area contributed by atoms with Gasteiger partial charge in [0, 0.05) is 17.1 Å². The van der Waals surface area contributed by atoms with Crippen LogP contribution in [0.4, 0.5) is 0 Å². The van der Waals surface area contributed by atoms with Crippen molar-refractivity contribution in [3.63, 3.8) is 0 Å². The summed E-state index contributed by atoms with van der Waals surface area (Å²) in [7, 11) is 0. The molecule has 0 bridgehead atoms. The highest BCUT2D eigenvalue weighted by Crippen LogP contribution is 2.25. The summed E-state index contributed by atoms with van der Waals surface area (Å²) in [6.07, 6.45) is 1.68. The molecule has 0 radical (unpaired) electrons. The van der Waals surface area contributed by atoms with Crippen molar-refractivity contribution in [3.05, 3.63) is 30.5 Å². The maximum absolute atomic E-state index is 11.7. The van der Waals surface area contributed by atoms with E-state index in [0.29, 0.717) is 5.75 Å². The van der Waals surface area contributed by atoms with E-state index in [1.807, 2.05) is 38.1 Å². The lowest BCUT2D eigenvalue weighted by Gasteiger charge is -2.13. The lowest BCUT2D eigenvalue weighted by Crippen LogP contribution is -2.38. The van der Waals surface area contributed by atoms with Gasteiger partial charge in [-0.2, -0.15) is 0 Å². The van der Waals surface area contributed by atoms with Crippen LogP contribution in [0, 0.1) is 5.92 Å². The van der Waals surface area contributed by atoms with Gasteiger partial charge in [0.25, 0.3) is 0 Å². The molecule has 4 nitrogen and oxygen atoms in total. The number of hydrogen-bond acceptors (Lipinski definition) is 3. The van der Waals surface area contributed by atoms with E-state index in [0.717, 1.165) is 10.9 Å². The van der Waals surface area contributed by atoms with Crippen LogP contribution in [0.1, 0.15) is 13.8 Å². The Morgan fingerprint density at radius 1 is 1.35 bits per heavy atom. The Labute approximate surface area is 99.8 Å². The van der Waals surface area contributed by atoms with Crippen molar-refractivity contribution in [2.75, 3.05) is 0 Å². The van der Waals surface area contributed by atoms with Crippen LogP contribution in [0.5, 0.6) is 5.75 Å². The molecule has 2 aromatic rings. The van der Waals surface area contributed by atoms with E-state index in [1.165, 1.54) is 0 Å². The average molecular weight is 232 g/mol. The third kappa shape index (κ3) is 2.31. The minimum Gasteiger partial charge on any atom is -0.423 e. The first kappa shape index (κ1) is 11.7. The number of aromatic nitrogens is 1. The fraction of sp³-hybridized carbons (Fsp3) is 0.308. The number of para-hydroxylation sites is 1. The van der Waals surface area contributed by atoms with Crippen LogP contribution in [0.3, 0.4) is 0 Å². The summed E-state index contributed by atoms with van der Waals surface area (Å²) in [5.41, 5.74) is 6.67. The highest BCUT2D eigenvalue weighted by molar-refractivity contribution is 5.89. The molecule has 0 saturated carbocycles. The maximum atomic E-state index is 11.7. The number of rotatable bonds is 3. The molecule has 17 heavy (non-hydrogen) atoms. The van der Waals surface area contributed by atoms with Gasteiger partial charge >= 0.3 is 5.97 Å². The van der Waals surface area contributed by atoms with Crippen LogP contribution in [-0.2, 0) is 4.79 Å². The second kappa shape index (κ2) is 4.59. The Balaban J connectivity index is 2.22. The summed E-state index contributed by atoms with van der Waals surface area (Å²) >= 11 is 0. The number of benzene rings is 1. The van der Waals surface area contributed by atoms with E-state index in [9.17, 15) is 4.79 Å². The molecule has 4 heteroatoms. The van der Waals surface area contributed by atoms with Gasteiger partial charge in [0.2, 0.25) is 0 Å². The SMILES string of the molecule is CC(C)[C@H](N)C(=O)Oc1c[nH]c2ccccc12. The topological polar surface area (TPSA) is 68.1 Å². The summed E-state index contributed by atoms with van der Waals surface area (Å²) in [6.45, 7) is 3.78. The van der Waals surface area contributed by atoms with Crippen molar-refractivity contribution in [2.24, 2.45) is 11.7 Å². The smallest absolute Gasteiger partial charge is 0.328 e. The molecule has 90 valence electrons. The third-order valence-corrected chi connectivity index (χ3v) is 2.75. The summed E-state index contributed by atoms with van der Waals surface area (Å²) in [5.74, 6) is 0.194. The van der Waals surface area contributed by atoms with E-state index in [-0.39, 0.29) is 5.92 Å². The largest absolute Gasteiger partial charge is 0.423 e. The van der Waals surface area contributed by atoms with Gasteiger partial charge in [0.1, 0.15) is 6.04 Å². The van der Waals surface area contributed by atoms with Crippen molar-refractivity contribution in [1.82, 2.24) is 4.98 Å². The lowest BCUT2D eigenvalue weighted by molar-refractivity contribution is -0.136. The molecular formula is C13H16N2O2. The molecule has 1 atom stereocenters. The van der Waals surface area contributed by atoms with Gasteiger partial charge < -0.3 is 15.5 Å². The minimum atomic E-state index is -0.594. The molecule has 1 heterocycles. The number of fused-ring (bicyclic) bond motifs is 1. The number of esters is 1. The van der Waals surface area contributed by atoms with Crippen molar-refractivity contribution in [2.45, 2.75) is 19.9 Å². The number of carbonyl (C=O) groups is 1. The first-order valence-corrected chi connectivity index (χ1v) is 5.63. The zero-order chi connectivity index (χ0) is 12.4. The third-order valence-electron chi connectivity index (χ3n) is 2.75. The monoisotopic (exact) mass is 232 g/mol. The summed E-state index contributed by atoms with van der Waals surface area (Å²) in [6, 6.07) is 7.05. The van der Waals surface area contributed by atoms with E-state index in [4.69, 9.17) is 10.5 Å². The van der Waals surface area contributed by atoms with Crippen LogP contribution >= 0.6 is 0 Å². The quantitative estimate of drug-likeness (QED) is 0.796.